The van der Waals surface area contributed by atoms with Crippen molar-refractivity contribution in [2.75, 3.05) is 50.8 Å². The van der Waals surface area contributed by atoms with Crippen molar-refractivity contribution >= 4 is 57.1 Å². The first-order valence-electron chi connectivity index (χ1n) is 14.8. The van der Waals surface area contributed by atoms with E-state index in [9.17, 15) is 24.0 Å². The van der Waals surface area contributed by atoms with Gasteiger partial charge in [-0.15, -0.1) is 0 Å². The molecule has 0 saturated carbocycles. The zero-order chi connectivity index (χ0) is 33.0. The summed E-state index contributed by atoms with van der Waals surface area (Å²) < 4.78 is 0. The summed E-state index contributed by atoms with van der Waals surface area (Å²) >= 11 is 0. The van der Waals surface area contributed by atoms with Gasteiger partial charge in [-0.2, -0.15) is 0 Å². The van der Waals surface area contributed by atoms with Crippen LogP contribution in [-0.2, 0) is 30.4 Å². The fourth-order valence-corrected chi connectivity index (χ4v) is 6.41. The molecule has 0 radical (unpaired) electrons. The molecule has 1 aliphatic rings. The molecule has 4 amide bonds. The molecule has 45 heavy (non-hydrogen) atoms. The molecule has 1 aromatic carbocycles. The van der Waals surface area contributed by atoms with E-state index in [1.807, 2.05) is 6.07 Å². The number of aliphatic imine (C=N–C) groups is 1. The van der Waals surface area contributed by atoms with Crippen LogP contribution in [0.25, 0.3) is 0 Å². The number of carboxylic acid groups (broad SMARTS) is 1. The maximum Gasteiger partial charge on any atom is 0.322 e. The van der Waals surface area contributed by atoms with Crippen molar-refractivity contribution in [1.29, 1.82) is 0 Å². The van der Waals surface area contributed by atoms with E-state index in [1.54, 1.807) is 45.9 Å². The van der Waals surface area contributed by atoms with Gasteiger partial charge in [-0.3, -0.25) is 29.0 Å². The number of guanidine groups is 1. The lowest BCUT2D eigenvalue weighted by Crippen LogP contribution is -2.57. The highest BCUT2D eigenvalue weighted by Gasteiger charge is 2.38. The van der Waals surface area contributed by atoms with Gasteiger partial charge in [0.25, 0.3) is 0 Å². The molecule has 1 saturated heterocycles. The summed E-state index contributed by atoms with van der Waals surface area (Å²) in [5.41, 5.74) is 17.1. The Bertz CT molecular complexity index is 1140. The van der Waals surface area contributed by atoms with E-state index in [0.29, 0.717) is 38.9 Å². The molecule has 3 atom stereocenters. The summed E-state index contributed by atoms with van der Waals surface area (Å²) in [5, 5.41) is 19.9. The SMILES string of the molecule is NCCSSCCNCC(=O)NC(CCCN=C(N)N)C(=O)N1CCC[C@@H]1C(=O)NC(Cc1ccccc1)C(=O)NCC(=O)O. The molecule has 15 nitrogen and oxygen atoms in total. The number of rotatable bonds is 21. The normalized spacial score (nSPS) is 15.5. The van der Waals surface area contributed by atoms with E-state index in [-0.39, 0.29) is 37.8 Å². The maximum atomic E-state index is 13.8. The van der Waals surface area contributed by atoms with E-state index >= 15 is 0 Å². The highest BCUT2D eigenvalue weighted by molar-refractivity contribution is 8.76. The first kappa shape index (κ1) is 37.6. The third-order valence-corrected chi connectivity index (χ3v) is 9.12. The zero-order valence-corrected chi connectivity index (χ0v) is 26.9. The van der Waals surface area contributed by atoms with Crippen LogP contribution in [0.3, 0.4) is 0 Å². The predicted octanol–water partition coefficient (Wildman–Crippen LogP) is -1.63. The van der Waals surface area contributed by atoms with Crippen LogP contribution < -0.4 is 38.5 Å². The monoisotopic (exact) mass is 667 g/mol. The number of likely N-dealkylation sites (tertiary alicyclic amines) is 1. The third-order valence-electron chi connectivity index (χ3n) is 6.68. The Labute approximate surface area is 271 Å². The average Bonchev–Trinajstić information content (AvgIpc) is 3.51. The zero-order valence-electron chi connectivity index (χ0n) is 25.2. The Morgan fingerprint density at radius 1 is 1.02 bits per heavy atom. The van der Waals surface area contributed by atoms with Crippen LogP contribution in [0.4, 0.5) is 0 Å². The van der Waals surface area contributed by atoms with Crippen molar-refractivity contribution in [2.45, 2.75) is 50.2 Å². The molecule has 1 aliphatic heterocycles. The van der Waals surface area contributed by atoms with Crippen molar-refractivity contribution < 1.29 is 29.1 Å². The largest absolute Gasteiger partial charge is 0.480 e. The minimum Gasteiger partial charge on any atom is -0.480 e. The molecule has 2 rings (SSSR count). The van der Waals surface area contributed by atoms with Crippen LogP contribution in [-0.4, -0.2) is 114 Å². The third kappa shape index (κ3) is 14.9. The molecule has 0 aliphatic carbocycles. The predicted molar refractivity (Wildman–Crippen MR) is 176 cm³/mol. The standard InChI is InChI=1S/C28H45N9O6S2/c29-10-14-44-45-15-12-32-17-23(38)35-20(8-4-11-33-28(30)31)27(43)37-13-5-9-22(37)26(42)36-21(25(41)34-18-24(39)40)16-19-6-2-1-3-7-19/h1-3,6-7,20-22,32H,4-5,8-18,29H2,(H,34,41)(H,35,38)(H,36,42)(H,39,40)(H4,30,31,33)/t20?,21?,22-/m1/s1. The van der Waals surface area contributed by atoms with Gasteiger partial charge in [-0.25, -0.2) is 0 Å². The minimum atomic E-state index is -1.22. The smallest absolute Gasteiger partial charge is 0.322 e. The van der Waals surface area contributed by atoms with Crippen LogP contribution >= 0.6 is 21.6 Å². The Morgan fingerprint density at radius 2 is 1.76 bits per heavy atom. The number of carbonyl (C=O) groups excluding carboxylic acids is 4. The fraction of sp³-hybridized carbons (Fsp3) is 0.571. The van der Waals surface area contributed by atoms with Crippen molar-refractivity contribution in [3.63, 3.8) is 0 Å². The molecule has 1 fully saturated rings. The van der Waals surface area contributed by atoms with Gasteiger partial charge < -0.3 is 48.5 Å². The summed E-state index contributed by atoms with van der Waals surface area (Å²) in [6, 6.07) is 6.12. The molecule has 0 bridgehead atoms. The van der Waals surface area contributed by atoms with Crippen LogP contribution in [0.15, 0.2) is 35.3 Å². The Balaban J connectivity index is 2.09. The minimum absolute atomic E-state index is 0.0102. The Morgan fingerprint density at radius 3 is 2.44 bits per heavy atom. The Kier molecular flexibility index (Phi) is 17.8. The van der Waals surface area contributed by atoms with Gasteiger partial charge in [0.15, 0.2) is 5.96 Å². The van der Waals surface area contributed by atoms with E-state index in [2.05, 4.69) is 26.3 Å². The number of nitrogens with zero attached hydrogens (tertiary/aromatic N) is 2. The van der Waals surface area contributed by atoms with E-state index < -0.39 is 48.4 Å². The molecule has 0 spiro atoms. The second-order valence-corrected chi connectivity index (χ2v) is 12.9. The first-order valence-corrected chi connectivity index (χ1v) is 17.2. The molecule has 250 valence electrons. The molecule has 11 N–H and O–H groups in total. The molecule has 1 heterocycles. The van der Waals surface area contributed by atoms with E-state index in [0.717, 1.165) is 17.1 Å². The number of aliphatic carboxylic acids is 1. The van der Waals surface area contributed by atoms with Gasteiger partial charge in [0.05, 0.1) is 6.54 Å². The molecule has 2 unspecified atom stereocenters. The van der Waals surface area contributed by atoms with Gasteiger partial charge in [0.1, 0.15) is 24.7 Å². The molecular formula is C28H45N9O6S2. The summed E-state index contributed by atoms with van der Waals surface area (Å²) in [7, 11) is 3.31. The highest BCUT2D eigenvalue weighted by atomic mass is 33.1. The van der Waals surface area contributed by atoms with Crippen LogP contribution in [0.2, 0.25) is 0 Å². The maximum absolute atomic E-state index is 13.8. The number of nitrogens with two attached hydrogens (primary N) is 3. The van der Waals surface area contributed by atoms with Crippen LogP contribution in [0, 0.1) is 0 Å². The highest BCUT2D eigenvalue weighted by Crippen LogP contribution is 2.21. The van der Waals surface area contributed by atoms with Crippen molar-refractivity contribution in [1.82, 2.24) is 26.2 Å². The molecule has 17 heteroatoms. The molecule has 1 aromatic rings. The topological polar surface area (TPSA) is 247 Å². The number of benzene rings is 1. The van der Waals surface area contributed by atoms with Gasteiger partial charge in [-0.05, 0) is 31.2 Å². The van der Waals surface area contributed by atoms with Crippen LogP contribution in [0.1, 0.15) is 31.2 Å². The lowest BCUT2D eigenvalue weighted by Gasteiger charge is -2.30. The lowest BCUT2D eigenvalue weighted by molar-refractivity contribution is -0.142. The number of hydrogen-bond donors (Lipinski definition) is 8. The number of nitrogens with one attached hydrogen (secondary N) is 4. The molecular weight excluding hydrogens is 622 g/mol. The molecule has 0 aromatic heterocycles. The second-order valence-electron chi connectivity index (χ2n) is 10.2. The van der Waals surface area contributed by atoms with Gasteiger partial charge in [-0.1, -0.05) is 51.9 Å². The average molecular weight is 668 g/mol. The van der Waals surface area contributed by atoms with Crippen molar-refractivity contribution in [2.24, 2.45) is 22.2 Å². The second kappa shape index (κ2) is 21.2. The fourth-order valence-electron chi connectivity index (χ4n) is 4.60. The number of carbonyl (C=O) groups is 5. The Hall–Kier alpha value is -3.54. The van der Waals surface area contributed by atoms with Crippen molar-refractivity contribution in [3.05, 3.63) is 35.9 Å². The quantitative estimate of drug-likeness (QED) is 0.0319. The van der Waals surface area contributed by atoms with E-state index in [1.165, 1.54) is 4.90 Å². The summed E-state index contributed by atoms with van der Waals surface area (Å²) in [6.07, 6.45) is 1.69. The lowest BCUT2D eigenvalue weighted by atomic mass is 10.0. The van der Waals surface area contributed by atoms with Gasteiger partial charge >= 0.3 is 5.97 Å². The van der Waals surface area contributed by atoms with Crippen LogP contribution in [0.5, 0.6) is 0 Å². The number of hydrogen-bond acceptors (Lipinski definition) is 10. The van der Waals surface area contributed by atoms with E-state index in [4.69, 9.17) is 22.3 Å². The van der Waals surface area contributed by atoms with Gasteiger partial charge in [0, 0.05) is 44.1 Å². The van der Waals surface area contributed by atoms with Crippen molar-refractivity contribution in [3.8, 4) is 0 Å². The first-order chi connectivity index (χ1) is 21.6. The number of amides is 4. The summed E-state index contributed by atoms with van der Waals surface area (Å²) in [6.45, 7) is 1.15. The summed E-state index contributed by atoms with van der Waals surface area (Å²) in [4.78, 5) is 69.3. The summed E-state index contributed by atoms with van der Waals surface area (Å²) in [5.74, 6) is -1.66. The number of carboxylic acids is 1. The van der Waals surface area contributed by atoms with Gasteiger partial charge in [0.2, 0.25) is 23.6 Å².